The molecule has 4 rings (SSSR count). The van der Waals surface area contributed by atoms with Gasteiger partial charge in [0.05, 0.1) is 30.5 Å². The normalized spacial score (nSPS) is 16.8. The topological polar surface area (TPSA) is 67.1 Å². The first-order chi connectivity index (χ1) is 15.6. The van der Waals surface area contributed by atoms with E-state index in [4.69, 9.17) is 23.2 Å². The molecule has 1 fully saturated rings. The molecule has 0 saturated carbocycles. The fraction of sp³-hybridized carbons (Fsp3) is 0.400. The molecule has 1 saturated heterocycles. The fourth-order valence-electron chi connectivity index (χ4n) is 3.74. The van der Waals surface area contributed by atoms with E-state index in [1.54, 1.807) is 13.2 Å². The summed E-state index contributed by atoms with van der Waals surface area (Å²) in [6.07, 6.45) is 1.62. The van der Waals surface area contributed by atoms with Crippen molar-refractivity contribution in [2.24, 2.45) is 0 Å². The van der Waals surface area contributed by atoms with E-state index in [0.29, 0.717) is 16.9 Å². The molecule has 0 radical (unpaired) electrons. The highest BCUT2D eigenvalue weighted by molar-refractivity contribution is 6.64. The molecule has 8 heteroatoms. The standard InChI is InChI=1S/C25H28BFO6/c1-6-29-22(28)13-17-7-8-19(27)14-21(17)31-15-16-11-18-9-10-30-23(18)20(12-16)26-32-24(2,3)25(4,5)33-26/h7-12,14H,6,13,15H2,1-5H3. The van der Waals surface area contributed by atoms with E-state index in [0.717, 1.165) is 16.4 Å². The average molecular weight is 454 g/mol. The van der Waals surface area contributed by atoms with Gasteiger partial charge in [-0.3, -0.25) is 4.79 Å². The minimum absolute atomic E-state index is 0.00336. The van der Waals surface area contributed by atoms with Gasteiger partial charge in [0.25, 0.3) is 0 Å². The van der Waals surface area contributed by atoms with Gasteiger partial charge >= 0.3 is 13.1 Å². The second-order valence-electron chi connectivity index (χ2n) is 9.13. The van der Waals surface area contributed by atoms with Gasteiger partial charge in [-0.25, -0.2) is 4.39 Å². The molecule has 0 aliphatic carbocycles. The van der Waals surface area contributed by atoms with E-state index in [2.05, 4.69) is 0 Å². The number of ether oxygens (including phenoxy) is 2. The highest BCUT2D eigenvalue weighted by Crippen LogP contribution is 2.37. The first-order valence-corrected chi connectivity index (χ1v) is 11.0. The van der Waals surface area contributed by atoms with Crippen LogP contribution in [0.5, 0.6) is 5.75 Å². The zero-order valence-electron chi connectivity index (χ0n) is 19.6. The number of furan rings is 1. The van der Waals surface area contributed by atoms with E-state index in [1.807, 2.05) is 45.9 Å². The van der Waals surface area contributed by atoms with Crippen LogP contribution in [-0.4, -0.2) is 30.9 Å². The highest BCUT2D eigenvalue weighted by atomic mass is 19.1. The third kappa shape index (κ3) is 4.77. The summed E-state index contributed by atoms with van der Waals surface area (Å²) in [6, 6.07) is 9.84. The van der Waals surface area contributed by atoms with Gasteiger partial charge in [0.15, 0.2) is 0 Å². The molecular weight excluding hydrogens is 426 g/mol. The van der Waals surface area contributed by atoms with Gasteiger partial charge in [0.2, 0.25) is 0 Å². The number of hydrogen-bond acceptors (Lipinski definition) is 6. The van der Waals surface area contributed by atoms with Crippen LogP contribution in [0, 0.1) is 5.82 Å². The van der Waals surface area contributed by atoms with Gasteiger partial charge in [-0.05, 0) is 58.4 Å². The largest absolute Gasteiger partial charge is 0.498 e. The van der Waals surface area contributed by atoms with Crippen molar-refractivity contribution in [2.45, 2.75) is 58.8 Å². The molecule has 3 aromatic rings. The maximum absolute atomic E-state index is 13.9. The van der Waals surface area contributed by atoms with E-state index >= 15 is 0 Å². The molecule has 1 aliphatic rings. The molecule has 6 nitrogen and oxygen atoms in total. The van der Waals surface area contributed by atoms with Gasteiger partial charge in [0.1, 0.15) is 23.8 Å². The Bertz CT molecular complexity index is 1150. The van der Waals surface area contributed by atoms with Crippen molar-refractivity contribution in [2.75, 3.05) is 6.61 Å². The third-order valence-corrected chi connectivity index (χ3v) is 6.21. The van der Waals surface area contributed by atoms with Gasteiger partial charge in [-0.2, -0.15) is 0 Å². The quantitative estimate of drug-likeness (QED) is 0.385. The predicted octanol–water partition coefficient (Wildman–Crippen LogP) is 4.56. The van der Waals surface area contributed by atoms with Crippen LogP contribution in [0.15, 0.2) is 47.1 Å². The SMILES string of the molecule is CCOC(=O)Cc1ccc(F)cc1OCc1cc(B2OC(C)(C)C(C)(C)O2)c2occc2c1. The zero-order valence-corrected chi connectivity index (χ0v) is 19.6. The number of rotatable bonds is 7. The molecule has 1 aliphatic heterocycles. The Hall–Kier alpha value is -2.84. The van der Waals surface area contributed by atoms with Crippen LogP contribution in [0.4, 0.5) is 4.39 Å². The monoisotopic (exact) mass is 454 g/mol. The van der Waals surface area contributed by atoms with Crippen LogP contribution in [-0.2, 0) is 31.9 Å². The molecule has 1 aromatic heterocycles. The molecular formula is C25H28BFO6. The molecule has 0 amide bonds. The molecule has 0 atom stereocenters. The summed E-state index contributed by atoms with van der Waals surface area (Å²) >= 11 is 0. The van der Waals surface area contributed by atoms with Gasteiger partial charge in [0, 0.05) is 22.5 Å². The van der Waals surface area contributed by atoms with E-state index < -0.39 is 30.1 Å². The van der Waals surface area contributed by atoms with Crippen molar-refractivity contribution in [3.8, 4) is 5.75 Å². The Kier molecular flexibility index (Phi) is 6.25. The lowest BCUT2D eigenvalue weighted by atomic mass is 9.77. The minimum Gasteiger partial charge on any atom is -0.488 e. The van der Waals surface area contributed by atoms with Gasteiger partial charge in [-0.15, -0.1) is 0 Å². The number of esters is 1. The van der Waals surface area contributed by atoms with Crippen molar-refractivity contribution >= 4 is 29.5 Å². The lowest BCUT2D eigenvalue weighted by molar-refractivity contribution is -0.142. The summed E-state index contributed by atoms with van der Waals surface area (Å²) in [5, 5.41) is 0.881. The molecule has 2 aromatic carbocycles. The summed E-state index contributed by atoms with van der Waals surface area (Å²) in [5.41, 5.74) is 1.86. The van der Waals surface area contributed by atoms with Crippen LogP contribution in [0.1, 0.15) is 45.7 Å². The van der Waals surface area contributed by atoms with Crippen molar-refractivity contribution < 1.29 is 32.4 Å². The number of carbonyl (C=O) groups is 1. The van der Waals surface area contributed by atoms with Crippen molar-refractivity contribution in [3.05, 3.63) is 59.6 Å². The second kappa shape index (κ2) is 8.84. The van der Waals surface area contributed by atoms with E-state index in [9.17, 15) is 9.18 Å². The maximum atomic E-state index is 13.9. The first kappa shape index (κ1) is 23.3. The van der Waals surface area contributed by atoms with Crippen LogP contribution in [0.3, 0.4) is 0 Å². The summed E-state index contributed by atoms with van der Waals surface area (Å²) in [4.78, 5) is 11.9. The maximum Gasteiger partial charge on any atom is 0.498 e. The number of benzene rings is 2. The fourth-order valence-corrected chi connectivity index (χ4v) is 3.74. The van der Waals surface area contributed by atoms with E-state index in [1.165, 1.54) is 18.2 Å². The van der Waals surface area contributed by atoms with Crippen molar-refractivity contribution in [1.82, 2.24) is 0 Å². The minimum atomic E-state index is -0.600. The Morgan fingerprint density at radius 2 is 1.79 bits per heavy atom. The van der Waals surface area contributed by atoms with Crippen LogP contribution < -0.4 is 10.2 Å². The summed E-state index contributed by atoms with van der Waals surface area (Å²) in [6.45, 7) is 10.2. The van der Waals surface area contributed by atoms with Crippen molar-refractivity contribution in [1.29, 1.82) is 0 Å². The second-order valence-corrected chi connectivity index (χ2v) is 9.13. The van der Waals surface area contributed by atoms with Gasteiger partial charge < -0.3 is 23.2 Å². The van der Waals surface area contributed by atoms with Crippen molar-refractivity contribution in [3.63, 3.8) is 0 Å². The average Bonchev–Trinajstić information content (AvgIpc) is 3.29. The number of fused-ring (bicyclic) bond motifs is 1. The van der Waals surface area contributed by atoms with Crippen LogP contribution in [0.2, 0.25) is 0 Å². The Morgan fingerprint density at radius 3 is 2.48 bits per heavy atom. The molecule has 0 unspecified atom stereocenters. The zero-order chi connectivity index (χ0) is 23.8. The Labute approximate surface area is 193 Å². The molecule has 33 heavy (non-hydrogen) atoms. The summed E-state index contributed by atoms with van der Waals surface area (Å²) < 4.78 is 43.0. The number of hydrogen-bond donors (Lipinski definition) is 0. The predicted molar refractivity (Wildman–Crippen MR) is 123 cm³/mol. The van der Waals surface area contributed by atoms with Gasteiger partial charge in [-0.1, -0.05) is 12.1 Å². The molecule has 2 heterocycles. The number of carbonyl (C=O) groups excluding carboxylic acids is 1. The molecule has 0 N–H and O–H groups in total. The first-order valence-electron chi connectivity index (χ1n) is 11.0. The molecule has 0 bridgehead atoms. The van der Waals surface area contributed by atoms with Crippen LogP contribution >= 0.6 is 0 Å². The summed E-state index contributed by atoms with van der Waals surface area (Å²) in [5.74, 6) is -0.537. The van der Waals surface area contributed by atoms with E-state index in [-0.39, 0.29) is 19.6 Å². The van der Waals surface area contributed by atoms with Crippen LogP contribution in [0.25, 0.3) is 11.0 Å². The lowest BCUT2D eigenvalue weighted by Crippen LogP contribution is -2.41. The highest BCUT2D eigenvalue weighted by Gasteiger charge is 2.52. The summed E-state index contributed by atoms with van der Waals surface area (Å²) in [7, 11) is -0.600. The lowest BCUT2D eigenvalue weighted by Gasteiger charge is -2.32. The Morgan fingerprint density at radius 1 is 1.06 bits per heavy atom. The third-order valence-electron chi connectivity index (χ3n) is 6.21. The Balaban J connectivity index is 1.60. The molecule has 174 valence electrons. The smallest absolute Gasteiger partial charge is 0.488 e. The number of halogens is 1. The molecule has 0 spiro atoms.